The second-order valence-corrected chi connectivity index (χ2v) is 6.25. The number of nitrogens with zero attached hydrogens (tertiary/aromatic N) is 1. The number of amides is 1. The number of aromatic amines is 1. The second-order valence-electron chi connectivity index (χ2n) is 6.25. The van der Waals surface area contributed by atoms with E-state index in [1.165, 1.54) is 7.11 Å². The first-order valence-corrected chi connectivity index (χ1v) is 8.79. The third-order valence-corrected chi connectivity index (χ3v) is 4.42. The van der Waals surface area contributed by atoms with Crippen LogP contribution in [0.3, 0.4) is 0 Å². The van der Waals surface area contributed by atoms with Crippen molar-refractivity contribution in [3.8, 4) is 0 Å². The van der Waals surface area contributed by atoms with Crippen LogP contribution in [-0.2, 0) is 4.74 Å². The lowest BCUT2D eigenvalue weighted by Crippen LogP contribution is -2.22. The molecule has 0 saturated carbocycles. The highest BCUT2D eigenvalue weighted by Gasteiger charge is 2.22. The summed E-state index contributed by atoms with van der Waals surface area (Å²) in [5.41, 5.74) is 6.74. The van der Waals surface area contributed by atoms with Crippen LogP contribution in [0.25, 0.3) is 0 Å². The SMILES string of the molecule is COC(=O)c1c(C)[nH]c(C(=O)NN=C(c2ccccc2)c2ccccc2)c1C. The lowest BCUT2D eigenvalue weighted by atomic mass is 10.0. The highest BCUT2D eigenvalue weighted by atomic mass is 16.5. The topological polar surface area (TPSA) is 83.5 Å². The number of carbonyl (C=O) groups excluding carboxylic acids is 2. The number of aromatic nitrogens is 1. The van der Waals surface area contributed by atoms with Crippen LogP contribution in [0.2, 0.25) is 0 Å². The molecule has 2 aromatic carbocycles. The zero-order valence-electron chi connectivity index (χ0n) is 15.9. The Labute approximate surface area is 163 Å². The normalized spacial score (nSPS) is 10.2. The number of esters is 1. The fourth-order valence-corrected chi connectivity index (χ4v) is 3.04. The predicted octanol–water partition coefficient (Wildman–Crippen LogP) is 3.60. The Balaban J connectivity index is 1.94. The maximum atomic E-state index is 12.7. The van der Waals surface area contributed by atoms with Crippen LogP contribution < -0.4 is 5.43 Å². The molecule has 1 amide bonds. The molecule has 0 unspecified atom stereocenters. The number of methoxy groups -OCH3 is 1. The molecule has 3 aromatic rings. The van der Waals surface area contributed by atoms with Gasteiger partial charge < -0.3 is 9.72 Å². The number of rotatable bonds is 5. The molecular formula is C22H21N3O3. The van der Waals surface area contributed by atoms with E-state index in [1.54, 1.807) is 13.8 Å². The maximum Gasteiger partial charge on any atom is 0.339 e. The predicted molar refractivity (Wildman–Crippen MR) is 108 cm³/mol. The smallest absolute Gasteiger partial charge is 0.339 e. The van der Waals surface area contributed by atoms with Crippen LogP contribution in [0, 0.1) is 13.8 Å². The zero-order chi connectivity index (χ0) is 20.1. The Kier molecular flexibility index (Phi) is 5.69. The summed E-state index contributed by atoms with van der Waals surface area (Å²) in [6, 6.07) is 19.2. The van der Waals surface area contributed by atoms with E-state index in [9.17, 15) is 9.59 Å². The van der Waals surface area contributed by atoms with Crippen LogP contribution in [0.15, 0.2) is 65.8 Å². The fourth-order valence-electron chi connectivity index (χ4n) is 3.04. The third-order valence-electron chi connectivity index (χ3n) is 4.42. The summed E-state index contributed by atoms with van der Waals surface area (Å²) in [6.07, 6.45) is 0. The summed E-state index contributed by atoms with van der Waals surface area (Å²) in [7, 11) is 1.31. The summed E-state index contributed by atoms with van der Waals surface area (Å²) in [5, 5.41) is 4.37. The number of carbonyl (C=O) groups is 2. The first-order chi connectivity index (χ1) is 13.5. The number of aryl methyl sites for hydroxylation is 1. The minimum atomic E-state index is -0.483. The molecule has 3 rings (SSSR count). The van der Waals surface area contributed by atoms with E-state index in [0.717, 1.165) is 11.1 Å². The Morgan fingerprint density at radius 3 is 1.96 bits per heavy atom. The standard InChI is InChI=1S/C22H21N3O3/c1-14-18(22(27)28-3)15(2)23-19(14)21(26)25-24-20(16-10-6-4-7-11-16)17-12-8-5-9-13-17/h4-13,23H,1-3H3,(H,25,26). The van der Waals surface area contributed by atoms with E-state index < -0.39 is 11.9 Å². The highest BCUT2D eigenvalue weighted by Crippen LogP contribution is 2.19. The van der Waals surface area contributed by atoms with Crippen molar-refractivity contribution < 1.29 is 14.3 Å². The summed E-state index contributed by atoms with van der Waals surface area (Å²) in [5.74, 6) is -0.914. The van der Waals surface area contributed by atoms with E-state index in [0.29, 0.717) is 22.5 Å². The number of hydrazone groups is 1. The zero-order valence-corrected chi connectivity index (χ0v) is 15.9. The van der Waals surface area contributed by atoms with Gasteiger partial charge in [0, 0.05) is 16.8 Å². The lowest BCUT2D eigenvalue weighted by Gasteiger charge is -2.08. The van der Waals surface area contributed by atoms with Crippen molar-refractivity contribution in [2.75, 3.05) is 7.11 Å². The summed E-state index contributed by atoms with van der Waals surface area (Å²) in [4.78, 5) is 27.6. The van der Waals surface area contributed by atoms with Gasteiger partial charge in [0.05, 0.1) is 18.4 Å². The van der Waals surface area contributed by atoms with Crippen molar-refractivity contribution in [2.24, 2.45) is 5.10 Å². The summed E-state index contributed by atoms with van der Waals surface area (Å²) < 4.78 is 4.79. The average molecular weight is 375 g/mol. The highest BCUT2D eigenvalue weighted by molar-refractivity contribution is 6.13. The Morgan fingerprint density at radius 2 is 1.46 bits per heavy atom. The van der Waals surface area contributed by atoms with Crippen LogP contribution in [0.5, 0.6) is 0 Å². The molecule has 6 heteroatoms. The molecule has 142 valence electrons. The largest absolute Gasteiger partial charge is 0.465 e. The number of benzene rings is 2. The van der Waals surface area contributed by atoms with Crippen molar-refractivity contribution in [1.29, 1.82) is 0 Å². The molecule has 0 aliphatic heterocycles. The van der Waals surface area contributed by atoms with Crippen LogP contribution in [-0.4, -0.2) is 29.7 Å². The van der Waals surface area contributed by atoms with Gasteiger partial charge in [-0.3, -0.25) is 4.79 Å². The van der Waals surface area contributed by atoms with Gasteiger partial charge in [-0.25, -0.2) is 10.2 Å². The molecule has 0 bridgehead atoms. The maximum absolute atomic E-state index is 12.7. The van der Waals surface area contributed by atoms with E-state index in [2.05, 4.69) is 15.5 Å². The average Bonchev–Trinajstić information content (AvgIpc) is 3.03. The van der Waals surface area contributed by atoms with Crippen LogP contribution >= 0.6 is 0 Å². The molecule has 6 nitrogen and oxygen atoms in total. The second kappa shape index (κ2) is 8.35. The number of hydrogen-bond acceptors (Lipinski definition) is 4. The lowest BCUT2D eigenvalue weighted by molar-refractivity contribution is 0.0599. The molecule has 0 atom stereocenters. The molecular weight excluding hydrogens is 354 g/mol. The molecule has 0 saturated heterocycles. The number of ether oxygens (including phenoxy) is 1. The number of H-pyrrole nitrogens is 1. The van der Waals surface area contributed by atoms with E-state index in [1.807, 2.05) is 60.7 Å². The fraction of sp³-hybridized carbons (Fsp3) is 0.136. The van der Waals surface area contributed by atoms with E-state index in [4.69, 9.17) is 4.74 Å². The first kappa shape index (κ1) is 19.1. The minimum absolute atomic E-state index is 0.280. The van der Waals surface area contributed by atoms with Gasteiger partial charge in [-0.2, -0.15) is 5.10 Å². The molecule has 0 spiro atoms. The minimum Gasteiger partial charge on any atom is -0.465 e. The van der Waals surface area contributed by atoms with Crippen molar-refractivity contribution in [1.82, 2.24) is 10.4 Å². The summed E-state index contributed by atoms with van der Waals surface area (Å²) in [6.45, 7) is 3.42. The molecule has 1 aromatic heterocycles. The van der Waals surface area contributed by atoms with Gasteiger partial charge in [-0.05, 0) is 19.4 Å². The molecule has 0 fully saturated rings. The number of hydrogen-bond donors (Lipinski definition) is 2. The van der Waals surface area contributed by atoms with Crippen molar-refractivity contribution in [3.63, 3.8) is 0 Å². The molecule has 0 aliphatic rings. The monoisotopic (exact) mass is 375 g/mol. The molecule has 28 heavy (non-hydrogen) atoms. The van der Waals surface area contributed by atoms with Gasteiger partial charge in [0.15, 0.2) is 0 Å². The van der Waals surface area contributed by atoms with Gasteiger partial charge in [-0.1, -0.05) is 60.7 Å². The molecule has 0 aliphatic carbocycles. The van der Waals surface area contributed by atoms with Gasteiger partial charge in [0.1, 0.15) is 5.69 Å². The van der Waals surface area contributed by atoms with Crippen molar-refractivity contribution in [3.05, 3.63) is 94.3 Å². The van der Waals surface area contributed by atoms with Gasteiger partial charge in [-0.15, -0.1) is 0 Å². The van der Waals surface area contributed by atoms with Crippen LogP contribution in [0.4, 0.5) is 0 Å². The molecule has 2 N–H and O–H groups in total. The molecule has 0 radical (unpaired) electrons. The Bertz CT molecular complexity index is 980. The Hall–Kier alpha value is -3.67. The van der Waals surface area contributed by atoms with Gasteiger partial charge in [0.2, 0.25) is 0 Å². The molecule has 1 heterocycles. The van der Waals surface area contributed by atoms with Crippen molar-refractivity contribution >= 4 is 17.6 Å². The summed E-state index contributed by atoms with van der Waals surface area (Å²) >= 11 is 0. The van der Waals surface area contributed by atoms with Gasteiger partial charge >= 0.3 is 5.97 Å². The van der Waals surface area contributed by atoms with E-state index >= 15 is 0 Å². The van der Waals surface area contributed by atoms with E-state index in [-0.39, 0.29) is 5.69 Å². The number of nitrogens with one attached hydrogen (secondary N) is 2. The van der Waals surface area contributed by atoms with Gasteiger partial charge in [0.25, 0.3) is 5.91 Å². The van der Waals surface area contributed by atoms with Crippen molar-refractivity contribution in [2.45, 2.75) is 13.8 Å². The van der Waals surface area contributed by atoms with Crippen LogP contribution in [0.1, 0.15) is 43.2 Å². The first-order valence-electron chi connectivity index (χ1n) is 8.79. The Morgan fingerprint density at radius 1 is 0.929 bits per heavy atom. The quantitative estimate of drug-likeness (QED) is 0.406. The third kappa shape index (κ3) is 3.86.